The first-order valence-electron chi connectivity index (χ1n) is 7.62. The lowest BCUT2D eigenvalue weighted by atomic mass is 10.1. The molecule has 1 aliphatic rings. The molecular weight excluding hydrogens is 323 g/mol. The van der Waals surface area contributed by atoms with Gasteiger partial charge in [-0.25, -0.2) is 4.68 Å². The van der Waals surface area contributed by atoms with Crippen LogP contribution in [0.4, 0.5) is 19.0 Å². The van der Waals surface area contributed by atoms with Crippen LogP contribution >= 0.6 is 0 Å². The standard InChI is InChI=1S/C16H18F3N3O2/c1-10(2)14-7-15(21-8-12(23)9-21)20-22(14)11-3-5-13(6-4-11)24-16(17,18)19/h3-7,10,12,23H,8-9H2,1-2H3. The van der Waals surface area contributed by atoms with Crippen molar-refractivity contribution in [3.63, 3.8) is 0 Å². The molecular formula is C16H18F3N3O2. The zero-order chi connectivity index (χ0) is 17.5. The Morgan fingerprint density at radius 3 is 2.33 bits per heavy atom. The van der Waals surface area contributed by atoms with E-state index in [-0.39, 0.29) is 17.8 Å². The van der Waals surface area contributed by atoms with Crippen LogP contribution in [0.3, 0.4) is 0 Å². The molecule has 1 N–H and O–H groups in total. The number of ether oxygens (including phenoxy) is 1. The van der Waals surface area contributed by atoms with Gasteiger partial charge in [0.2, 0.25) is 0 Å². The van der Waals surface area contributed by atoms with Crippen LogP contribution in [-0.2, 0) is 0 Å². The number of hydrogen-bond acceptors (Lipinski definition) is 4. The molecule has 8 heteroatoms. The lowest BCUT2D eigenvalue weighted by Gasteiger charge is -2.35. The van der Waals surface area contributed by atoms with Crippen molar-refractivity contribution in [3.8, 4) is 11.4 Å². The van der Waals surface area contributed by atoms with Gasteiger partial charge >= 0.3 is 6.36 Å². The van der Waals surface area contributed by atoms with Gasteiger partial charge in [0.25, 0.3) is 0 Å². The highest BCUT2D eigenvalue weighted by atomic mass is 19.4. The van der Waals surface area contributed by atoms with Crippen molar-refractivity contribution in [3.05, 3.63) is 36.0 Å². The highest BCUT2D eigenvalue weighted by Crippen LogP contribution is 2.29. The Morgan fingerprint density at radius 1 is 1.21 bits per heavy atom. The predicted molar refractivity (Wildman–Crippen MR) is 82.6 cm³/mol. The monoisotopic (exact) mass is 341 g/mol. The molecule has 1 saturated heterocycles. The van der Waals surface area contributed by atoms with E-state index in [1.54, 1.807) is 4.68 Å². The van der Waals surface area contributed by atoms with Crippen LogP contribution in [0.1, 0.15) is 25.5 Å². The molecule has 130 valence electrons. The van der Waals surface area contributed by atoms with Crippen molar-refractivity contribution in [2.24, 2.45) is 0 Å². The third-order valence-corrected chi connectivity index (χ3v) is 3.82. The van der Waals surface area contributed by atoms with E-state index in [4.69, 9.17) is 0 Å². The molecule has 0 aliphatic carbocycles. The molecule has 0 amide bonds. The van der Waals surface area contributed by atoms with Gasteiger partial charge in [0, 0.05) is 24.8 Å². The normalized spacial score (nSPS) is 15.7. The Hall–Kier alpha value is -2.22. The summed E-state index contributed by atoms with van der Waals surface area (Å²) in [6.07, 6.45) is -5.04. The van der Waals surface area contributed by atoms with Crippen molar-refractivity contribution >= 4 is 5.82 Å². The summed E-state index contributed by atoms with van der Waals surface area (Å²) >= 11 is 0. The van der Waals surface area contributed by atoms with E-state index in [0.717, 1.165) is 11.5 Å². The summed E-state index contributed by atoms with van der Waals surface area (Å²) in [7, 11) is 0. The number of nitrogens with zero attached hydrogens (tertiary/aromatic N) is 3. The number of alkyl halides is 3. The van der Waals surface area contributed by atoms with E-state index < -0.39 is 6.36 Å². The smallest absolute Gasteiger partial charge is 0.406 e. The summed E-state index contributed by atoms with van der Waals surface area (Å²) in [5.74, 6) is 0.666. The summed E-state index contributed by atoms with van der Waals surface area (Å²) in [5.41, 5.74) is 1.59. The van der Waals surface area contributed by atoms with Crippen LogP contribution < -0.4 is 9.64 Å². The molecule has 1 aliphatic heterocycles. The average molecular weight is 341 g/mol. The number of halogens is 3. The number of anilines is 1. The summed E-state index contributed by atoms with van der Waals surface area (Å²) < 4.78 is 42.3. The summed E-state index contributed by atoms with van der Waals surface area (Å²) in [5, 5.41) is 14.0. The molecule has 5 nitrogen and oxygen atoms in total. The average Bonchev–Trinajstić information content (AvgIpc) is 2.88. The van der Waals surface area contributed by atoms with Crippen LogP contribution in [0.25, 0.3) is 5.69 Å². The van der Waals surface area contributed by atoms with Crippen molar-refractivity contribution in [2.45, 2.75) is 32.2 Å². The molecule has 0 bridgehead atoms. The fourth-order valence-corrected chi connectivity index (χ4v) is 2.59. The van der Waals surface area contributed by atoms with Crippen LogP contribution in [-0.4, -0.2) is 40.4 Å². The van der Waals surface area contributed by atoms with E-state index in [9.17, 15) is 18.3 Å². The minimum Gasteiger partial charge on any atom is -0.406 e. The predicted octanol–water partition coefficient (Wildman–Crippen LogP) is 3.08. The zero-order valence-corrected chi connectivity index (χ0v) is 13.3. The van der Waals surface area contributed by atoms with E-state index in [1.165, 1.54) is 24.3 Å². The Labute approximate surface area is 137 Å². The maximum Gasteiger partial charge on any atom is 0.573 e. The first-order chi connectivity index (χ1) is 11.2. The molecule has 3 rings (SSSR count). The SMILES string of the molecule is CC(C)c1cc(N2CC(O)C2)nn1-c1ccc(OC(F)(F)F)cc1. The Morgan fingerprint density at radius 2 is 1.83 bits per heavy atom. The van der Waals surface area contributed by atoms with E-state index in [1.807, 2.05) is 24.8 Å². The number of hydrogen-bond donors (Lipinski definition) is 1. The summed E-state index contributed by atoms with van der Waals surface area (Å²) in [4.78, 5) is 1.95. The minimum absolute atomic E-state index is 0.184. The Balaban J connectivity index is 1.87. The van der Waals surface area contributed by atoms with Gasteiger partial charge in [-0.05, 0) is 30.2 Å². The van der Waals surface area contributed by atoms with Crippen LogP contribution in [0, 0.1) is 0 Å². The summed E-state index contributed by atoms with van der Waals surface area (Å²) in [6.45, 7) is 5.10. The maximum absolute atomic E-state index is 12.2. The molecule has 2 heterocycles. The Kier molecular flexibility index (Phi) is 4.16. The highest BCUT2D eigenvalue weighted by Gasteiger charge is 2.31. The van der Waals surface area contributed by atoms with Crippen molar-refractivity contribution < 1.29 is 23.0 Å². The molecule has 1 aromatic carbocycles. The molecule has 0 atom stereocenters. The number of β-amino-alcohol motifs (C(OH)–C–C–N with tert-alkyl or cyclic N) is 1. The first kappa shape index (κ1) is 16.6. The maximum atomic E-state index is 12.2. The topological polar surface area (TPSA) is 50.5 Å². The number of aliphatic hydroxyl groups is 1. The lowest BCUT2D eigenvalue weighted by Crippen LogP contribution is -2.51. The van der Waals surface area contributed by atoms with Crippen molar-refractivity contribution in [1.82, 2.24) is 9.78 Å². The van der Waals surface area contributed by atoms with Gasteiger partial charge in [-0.1, -0.05) is 13.8 Å². The molecule has 0 spiro atoms. The lowest BCUT2D eigenvalue weighted by molar-refractivity contribution is -0.274. The number of aliphatic hydroxyl groups excluding tert-OH is 1. The van der Waals surface area contributed by atoms with Gasteiger partial charge in [-0.15, -0.1) is 13.2 Å². The van der Waals surface area contributed by atoms with Crippen LogP contribution in [0.15, 0.2) is 30.3 Å². The largest absolute Gasteiger partial charge is 0.573 e. The molecule has 1 aromatic heterocycles. The zero-order valence-electron chi connectivity index (χ0n) is 13.3. The van der Waals surface area contributed by atoms with Gasteiger partial charge in [-0.2, -0.15) is 5.10 Å². The second kappa shape index (κ2) is 6.01. The first-order valence-corrected chi connectivity index (χ1v) is 7.62. The van der Waals surface area contributed by atoms with Crippen molar-refractivity contribution in [1.29, 1.82) is 0 Å². The fraction of sp³-hybridized carbons (Fsp3) is 0.438. The minimum atomic E-state index is -4.71. The third-order valence-electron chi connectivity index (χ3n) is 3.82. The number of aromatic nitrogens is 2. The van der Waals surface area contributed by atoms with Gasteiger partial charge in [-0.3, -0.25) is 0 Å². The van der Waals surface area contributed by atoms with Gasteiger partial charge in [0.15, 0.2) is 5.82 Å². The van der Waals surface area contributed by atoms with Gasteiger partial charge in [0.1, 0.15) is 5.75 Å². The third kappa shape index (κ3) is 3.48. The second-order valence-corrected chi connectivity index (χ2v) is 6.09. The van der Waals surface area contributed by atoms with Crippen molar-refractivity contribution in [2.75, 3.05) is 18.0 Å². The van der Waals surface area contributed by atoms with E-state index >= 15 is 0 Å². The molecule has 1 fully saturated rings. The van der Waals surface area contributed by atoms with Crippen LogP contribution in [0.2, 0.25) is 0 Å². The second-order valence-electron chi connectivity index (χ2n) is 6.09. The number of benzene rings is 1. The molecule has 0 unspecified atom stereocenters. The summed E-state index contributed by atoms with van der Waals surface area (Å²) in [6, 6.07) is 7.55. The number of rotatable bonds is 4. The quantitative estimate of drug-likeness (QED) is 0.929. The van der Waals surface area contributed by atoms with E-state index in [2.05, 4.69) is 9.84 Å². The Bertz CT molecular complexity index is 704. The van der Waals surface area contributed by atoms with E-state index in [0.29, 0.717) is 18.8 Å². The molecule has 24 heavy (non-hydrogen) atoms. The molecule has 0 saturated carbocycles. The molecule has 0 radical (unpaired) electrons. The van der Waals surface area contributed by atoms with Crippen LogP contribution in [0.5, 0.6) is 5.75 Å². The fourth-order valence-electron chi connectivity index (χ4n) is 2.59. The highest BCUT2D eigenvalue weighted by molar-refractivity contribution is 5.48. The van der Waals surface area contributed by atoms with Gasteiger partial charge < -0.3 is 14.7 Å². The van der Waals surface area contributed by atoms with Gasteiger partial charge in [0.05, 0.1) is 11.8 Å². The molecule has 2 aromatic rings.